The fraction of sp³-hybridized carbons (Fsp3) is 0.417. The standard InChI is InChI=1S/C24H31ClN2O2S/c1-5-18(4)26-24(29)22(6-2)27(15-19-9-11-20(25)12-10-19)23(28)16-30-21-13-7-17(3)8-14-21/h7-14,18,22H,5-6,15-16H2,1-4H3,(H,26,29)/t18-,22+/m1/s1. The van der Waals surface area contributed by atoms with Crippen LogP contribution in [0.15, 0.2) is 53.4 Å². The highest BCUT2D eigenvalue weighted by molar-refractivity contribution is 8.00. The highest BCUT2D eigenvalue weighted by Crippen LogP contribution is 2.21. The topological polar surface area (TPSA) is 49.4 Å². The average molecular weight is 447 g/mol. The third-order valence-corrected chi connectivity index (χ3v) is 6.29. The molecular weight excluding hydrogens is 416 g/mol. The maximum Gasteiger partial charge on any atom is 0.243 e. The molecule has 162 valence electrons. The summed E-state index contributed by atoms with van der Waals surface area (Å²) in [7, 11) is 0. The molecular formula is C24H31ClN2O2S. The SMILES string of the molecule is CC[C@@H](C)NC(=O)[C@H](CC)N(Cc1ccc(Cl)cc1)C(=O)CSc1ccc(C)cc1. The molecule has 0 spiro atoms. The van der Waals surface area contributed by atoms with E-state index in [9.17, 15) is 9.59 Å². The van der Waals surface area contributed by atoms with Crippen LogP contribution >= 0.6 is 23.4 Å². The van der Waals surface area contributed by atoms with Gasteiger partial charge >= 0.3 is 0 Å². The van der Waals surface area contributed by atoms with Gasteiger partial charge in [-0.2, -0.15) is 0 Å². The number of aryl methyl sites for hydroxylation is 1. The van der Waals surface area contributed by atoms with Crippen LogP contribution in [-0.4, -0.2) is 34.6 Å². The second-order valence-corrected chi connectivity index (χ2v) is 8.98. The van der Waals surface area contributed by atoms with Gasteiger partial charge in [0.15, 0.2) is 0 Å². The Labute approximate surface area is 189 Å². The first-order valence-corrected chi connectivity index (χ1v) is 11.7. The van der Waals surface area contributed by atoms with E-state index in [-0.39, 0.29) is 23.6 Å². The highest BCUT2D eigenvalue weighted by atomic mass is 35.5. The smallest absolute Gasteiger partial charge is 0.243 e. The van der Waals surface area contributed by atoms with Crippen molar-refractivity contribution in [2.45, 2.75) is 64.1 Å². The molecule has 0 aromatic heterocycles. The van der Waals surface area contributed by atoms with Gasteiger partial charge in [-0.25, -0.2) is 0 Å². The molecule has 1 N–H and O–H groups in total. The molecule has 0 radical (unpaired) electrons. The van der Waals surface area contributed by atoms with Crippen molar-refractivity contribution < 1.29 is 9.59 Å². The summed E-state index contributed by atoms with van der Waals surface area (Å²) >= 11 is 7.50. The van der Waals surface area contributed by atoms with E-state index in [1.807, 2.05) is 64.1 Å². The molecule has 0 aliphatic rings. The van der Waals surface area contributed by atoms with Gasteiger partial charge in [-0.1, -0.05) is 55.3 Å². The fourth-order valence-electron chi connectivity index (χ4n) is 3.01. The van der Waals surface area contributed by atoms with E-state index in [0.29, 0.717) is 18.0 Å². The van der Waals surface area contributed by atoms with Gasteiger partial charge < -0.3 is 10.2 Å². The Morgan fingerprint density at radius 2 is 1.67 bits per heavy atom. The van der Waals surface area contributed by atoms with Crippen molar-refractivity contribution in [3.63, 3.8) is 0 Å². The molecule has 0 aliphatic heterocycles. The predicted molar refractivity (Wildman–Crippen MR) is 126 cm³/mol. The summed E-state index contributed by atoms with van der Waals surface area (Å²) in [4.78, 5) is 28.9. The van der Waals surface area contributed by atoms with E-state index in [2.05, 4.69) is 5.32 Å². The Morgan fingerprint density at radius 3 is 2.23 bits per heavy atom. The second kappa shape index (κ2) is 12.0. The number of carbonyl (C=O) groups excluding carboxylic acids is 2. The Bertz CT molecular complexity index is 824. The van der Waals surface area contributed by atoms with Crippen LogP contribution in [-0.2, 0) is 16.1 Å². The van der Waals surface area contributed by atoms with Crippen molar-refractivity contribution in [1.29, 1.82) is 0 Å². The number of nitrogens with one attached hydrogen (secondary N) is 1. The van der Waals surface area contributed by atoms with Crippen LogP contribution in [0.25, 0.3) is 0 Å². The van der Waals surface area contributed by atoms with Gasteiger partial charge in [-0.15, -0.1) is 11.8 Å². The van der Waals surface area contributed by atoms with Crippen LogP contribution in [0.2, 0.25) is 5.02 Å². The number of rotatable bonds is 10. The van der Waals surface area contributed by atoms with Crippen molar-refractivity contribution in [2.24, 2.45) is 0 Å². The van der Waals surface area contributed by atoms with Crippen LogP contribution in [0.5, 0.6) is 0 Å². The van der Waals surface area contributed by atoms with Crippen molar-refractivity contribution in [2.75, 3.05) is 5.75 Å². The van der Waals surface area contributed by atoms with Gasteiger partial charge in [0.25, 0.3) is 0 Å². The molecule has 2 atom stereocenters. The molecule has 0 heterocycles. The van der Waals surface area contributed by atoms with E-state index in [0.717, 1.165) is 16.9 Å². The molecule has 2 amide bonds. The maximum atomic E-state index is 13.2. The third-order valence-electron chi connectivity index (χ3n) is 5.04. The summed E-state index contributed by atoms with van der Waals surface area (Å²) < 4.78 is 0. The molecule has 2 aromatic rings. The molecule has 0 saturated carbocycles. The molecule has 30 heavy (non-hydrogen) atoms. The lowest BCUT2D eigenvalue weighted by Crippen LogP contribution is -2.51. The lowest BCUT2D eigenvalue weighted by molar-refractivity contribution is -0.139. The summed E-state index contributed by atoms with van der Waals surface area (Å²) in [6.07, 6.45) is 1.40. The first-order chi connectivity index (χ1) is 14.3. The summed E-state index contributed by atoms with van der Waals surface area (Å²) in [5, 5.41) is 3.68. The molecule has 0 saturated heterocycles. The zero-order valence-electron chi connectivity index (χ0n) is 18.2. The van der Waals surface area contributed by atoms with Crippen molar-refractivity contribution >= 4 is 35.2 Å². The van der Waals surface area contributed by atoms with Crippen molar-refractivity contribution in [3.8, 4) is 0 Å². The number of nitrogens with zero attached hydrogens (tertiary/aromatic N) is 1. The molecule has 0 bridgehead atoms. The third kappa shape index (κ3) is 7.37. The average Bonchev–Trinajstić information content (AvgIpc) is 2.74. The van der Waals surface area contributed by atoms with Gasteiger partial charge in [0.05, 0.1) is 5.75 Å². The summed E-state index contributed by atoms with van der Waals surface area (Å²) in [6.45, 7) is 8.35. The molecule has 0 unspecified atom stereocenters. The predicted octanol–water partition coefficient (Wildman–Crippen LogP) is 5.46. The van der Waals surface area contributed by atoms with Gasteiger partial charge in [-0.3, -0.25) is 9.59 Å². The molecule has 2 rings (SSSR count). The van der Waals surface area contributed by atoms with Crippen LogP contribution < -0.4 is 5.32 Å². The number of hydrogen-bond donors (Lipinski definition) is 1. The van der Waals surface area contributed by atoms with Gasteiger partial charge in [0, 0.05) is 22.5 Å². The summed E-state index contributed by atoms with van der Waals surface area (Å²) in [6, 6.07) is 15.1. The Balaban J connectivity index is 2.19. The largest absolute Gasteiger partial charge is 0.352 e. The number of benzene rings is 2. The zero-order chi connectivity index (χ0) is 22.1. The van der Waals surface area contributed by atoms with Crippen LogP contribution in [0.4, 0.5) is 0 Å². The van der Waals surface area contributed by atoms with E-state index >= 15 is 0 Å². The minimum Gasteiger partial charge on any atom is -0.352 e. The highest BCUT2D eigenvalue weighted by Gasteiger charge is 2.29. The fourth-order valence-corrected chi connectivity index (χ4v) is 3.92. The molecule has 0 fully saturated rings. The molecule has 0 aliphatic carbocycles. The number of hydrogen-bond acceptors (Lipinski definition) is 3. The number of amides is 2. The molecule has 2 aromatic carbocycles. The summed E-state index contributed by atoms with van der Waals surface area (Å²) in [5.41, 5.74) is 2.13. The van der Waals surface area contributed by atoms with Crippen LogP contribution in [0, 0.1) is 6.92 Å². The van der Waals surface area contributed by atoms with Crippen molar-refractivity contribution in [3.05, 3.63) is 64.7 Å². The van der Waals surface area contributed by atoms with Gasteiger partial charge in [0.2, 0.25) is 11.8 Å². The minimum atomic E-state index is -0.513. The normalized spacial score (nSPS) is 12.8. The van der Waals surface area contributed by atoms with E-state index < -0.39 is 6.04 Å². The monoisotopic (exact) mass is 446 g/mol. The van der Waals surface area contributed by atoms with E-state index in [4.69, 9.17) is 11.6 Å². The zero-order valence-corrected chi connectivity index (χ0v) is 19.7. The number of carbonyl (C=O) groups is 2. The summed E-state index contributed by atoms with van der Waals surface area (Å²) in [5.74, 6) is 0.125. The quantitative estimate of drug-likeness (QED) is 0.493. The number of halogens is 1. The second-order valence-electron chi connectivity index (χ2n) is 7.49. The molecule has 6 heteroatoms. The van der Waals surface area contributed by atoms with Crippen LogP contribution in [0.1, 0.15) is 44.7 Å². The van der Waals surface area contributed by atoms with E-state index in [1.54, 1.807) is 17.0 Å². The maximum absolute atomic E-state index is 13.2. The Hall–Kier alpha value is -1.98. The van der Waals surface area contributed by atoms with Crippen LogP contribution in [0.3, 0.4) is 0 Å². The van der Waals surface area contributed by atoms with Gasteiger partial charge in [0.1, 0.15) is 6.04 Å². The Morgan fingerprint density at radius 1 is 1.03 bits per heavy atom. The lowest BCUT2D eigenvalue weighted by atomic mass is 10.1. The van der Waals surface area contributed by atoms with Crippen molar-refractivity contribution in [1.82, 2.24) is 10.2 Å². The molecule has 4 nitrogen and oxygen atoms in total. The first kappa shape index (κ1) is 24.3. The number of thioether (sulfide) groups is 1. The Kier molecular flexibility index (Phi) is 9.73. The van der Waals surface area contributed by atoms with E-state index in [1.165, 1.54) is 17.3 Å². The minimum absolute atomic E-state index is 0.0540. The van der Waals surface area contributed by atoms with Gasteiger partial charge in [-0.05, 0) is 56.5 Å². The first-order valence-electron chi connectivity index (χ1n) is 10.4. The lowest BCUT2D eigenvalue weighted by Gasteiger charge is -2.31.